The molecule has 0 atom stereocenters. The smallest absolute Gasteiger partial charge is 0.303 e. The third kappa shape index (κ3) is 2.68. The van der Waals surface area contributed by atoms with E-state index < -0.39 is 16.0 Å². The highest BCUT2D eigenvalue weighted by Gasteiger charge is 2.35. The number of nitrogens with zero attached hydrogens (tertiary/aromatic N) is 1. The summed E-state index contributed by atoms with van der Waals surface area (Å²) in [4.78, 5) is 10.3. The average Bonchev–Trinajstić information content (AvgIpc) is 1.94. The average molecular weight is 221 g/mol. The zero-order valence-corrected chi connectivity index (χ0v) is 8.96. The first kappa shape index (κ1) is 11.5. The first-order valence-corrected chi connectivity index (χ1v) is 6.26. The van der Waals surface area contributed by atoms with Crippen LogP contribution in [0.2, 0.25) is 0 Å². The lowest BCUT2D eigenvalue weighted by molar-refractivity contribution is -0.139. The Morgan fingerprint density at radius 2 is 2.07 bits per heavy atom. The maximum Gasteiger partial charge on any atom is 0.303 e. The van der Waals surface area contributed by atoms with Crippen molar-refractivity contribution >= 4 is 16.0 Å². The molecular formula is C8H15NO4S. The number of hydrogen-bond donors (Lipinski definition) is 1. The fourth-order valence-corrected chi connectivity index (χ4v) is 3.16. The van der Waals surface area contributed by atoms with E-state index in [2.05, 4.69) is 0 Å². The Morgan fingerprint density at radius 1 is 1.50 bits per heavy atom. The molecule has 0 bridgehead atoms. The van der Waals surface area contributed by atoms with Crippen molar-refractivity contribution in [2.24, 2.45) is 5.92 Å². The van der Waals surface area contributed by atoms with E-state index in [1.807, 2.05) is 6.92 Å². The van der Waals surface area contributed by atoms with Gasteiger partial charge in [0.15, 0.2) is 0 Å². The van der Waals surface area contributed by atoms with Gasteiger partial charge in [-0.05, 0) is 12.3 Å². The Balaban J connectivity index is 2.37. The van der Waals surface area contributed by atoms with Crippen molar-refractivity contribution in [1.29, 1.82) is 0 Å². The van der Waals surface area contributed by atoms with Crippen molar-refractivity contribution in [3.8, 4) is 0 Å². The lowest BCUT2D eigenvalue weighted by Gasteiger charge is -2.37. The summed E-state index contributed by atoms with van der Waals surface area (Å²) in [7, 11) is -3.10. The van der Waals surface area contributed by atoms with E-state index in [4.69, 9.17) is 5.11 Å². The predicted octanol–water partition coefficient (Wildman–Crippen LogP) is 0.133. The van der Waals surface area contributed by atoms with Gasteiger partial charge in [-0.2, -0.15) is 0 Å². The van der Waals surface area contributed by atoms with Crippen molar-refractivity contribution < 1.29 is 18.3 Å². The molecule has 82 valence electrons. The maximum atomic E-state index is 11.4. The molecule has 0 unspecified atom stereocenters. The largest absolute Gasteiger partial charge is 0.481 e. The SMILES string of the molecule is CCCS(=O)(=O)N1CC(CC(=O)O)C1. The quantitative estimate of drug-likeness (QED) is 0.716. The van der Waals surface area contributed by atoms with Gasteiger partial charge in [-0.25, -0.2) is 12.7 Å². The number of carboxylic acid groups (broad SMARTS) is 1. The van der Waals surface area contributed by atoms with Gasteiger partial charge in [0, 0.05) is 13.1 Å². The summed E-state index contributed by atoms with van der Waals surface area (Å²) in [5.41, 5.74) is 0. The molecule has 14 heavy (non-hydrogen) atoms. The maximum absolute atomic E-state index is 11.4. The van der Waals surface area contributed by atoms with Crippen molar-refractivity contribution in [3.63, 3.8) is 0 Å². The predicted molar refractivity (Wildman–Crippen MR) is 51.4 cm³/mol. The minimum Gasteiger partial charge on any atom is -0.481 e. The summed E-state index contributed by atoms with van der Waals surface area (Å²) in [5.74, 6) is -0.700. The summed E-state index contributed by atoms with van der Waals surface area (Å²) in [6.07, 6.45) is 0.667. The highest BCUT2D eigenvalue weighted by Crippen LogP contribution is 2.22. The zero-order valence-electron chi connectivity index (χ0n) is 8.14. The molecule has 0 aliphatic carbocycles. The molecule has 0 radical (unpaired) electrons. The first-order valence-electron chi connectivity index (χ1n) is 4.65. The zero-order chi connectivity index (χ0) is 10.8. The van der Waals surface area contributed by atoms with Gasteiger partial charge in [-0.1, -0.05) is 6.92 Å². The van der Waals surface area contributed by atoms with Crippen LogP contribution in [-0.4, -0.2) is 42.6 Å². The van der Waals surface area contributed by atoms with Crippen molar-refractivity contribution in [2.75, 3.05) is 18.8 Å². The summed E-state index contributed by atoms with van der Waals surface area (Å²) < 4.78 is 24.2. The van der Waals surface area contributed by atoms with Crippen molar-refractivity contribution in [2.45, 2.75) is 19.8 Å². The summed E-state index contributed by atoms with van der Waals surface area (Å²) in [6.45, 7) is 2.55. The third-order valence-corrected chi connectivity index (χ3v) is 4.25. The van der Waals surface area contributed by atoms with Crippen molar-refractivity contribution in [3.05, 3.63) is 0 Å². The third-order valence-electron chi connectivity index (χ3n) is 2.24. The van der Waals surface area contributed by atoms with Crippen LogP contribution >= 0.6 is 0 Å². The van der Waals surface area contributed by atoms with Gasteiger partial charge in [0.2, 0.25) is 10.0 Å². The lowest BCUT2D eigenvalue weighted by atomic mass is 10.00. The van der Waals surface area contributed by atoms with Gasteiger partial charge in [0.1, 0.15) is 0 Å². The molecule has 5 nitrogen and oxygen atoms in total. The second-order valence-corrected chi connectivity index (χ2v) is 5.69. The summed E-state index contributed by atoms with van der Waals surface area (Å²) in [6, 6.07) is 0. The van der Waals surface area contributed by atoms with Crippen LogP contribution in [0.15, 0.2) is 0 Å². The minimum atomic E-state index is -3.10. The lowest BCUT2D eigenvalue weighted by Crippen LogP contribution is -2.51. The van der Waals surface area contributed by atoms with Crippen LogP contribution < -0.4 is 0 Å². The topological polar surface area (TPSA) is 74.7 Å². The van der Waals surface area contributed by atoms with Crippen LogP contribution in [0.4, 0.5) is 0 Å². The Hall–Kier alpha value is -0.620. The Morgan fingerprint density at radius 3 is 2.50 bits per heavy atom. The highest BCUT2D eigenvalue weighted by molar-refractivity contribution is 7.89. The van der Waals surface area contributed by atoms with E-state index >= 15 is 0 Å². The van der Waals surface area contributed by atoms with E-state index in [1.54, 1.807) is 0 Å². The fraction of sp³-hybridized carbons (Fsp3) is 0.875. The molecule has 1 fully saturated rings. The molecule has 1 aliphatic heterocycles. The normalized spacial score (nSPS) is 19.2. The highest BCUT2D eigenvalue weighted by atomic mass is 32.2. The van der Waals surface area contributed by atoms with Gasteiger partial charge in [0.25, 0.3) is 0 Å². The standard InChI is InChI=1S/C8H15NO4S/c1-2-3-14(12,13)9-5-7(6-9)4-8(10)11/h7H,2-6H2,1H3,(H,10,11). The Labute approximate surface area is 83.8 Å². The fourth-order valence-electron chi connectivity index (χ4n) is 1.51. The first-order chi connectivity index (χ1) is 6.45. The summed E-state index contributed by atoms with van der Waals surface area (Å²) >= 11 is 0. The van der Waals surface area contributed by atoms with E-state index in [0.29, 0.717) is 19.5 Å². The van der Waals surface area contributed by atoms with E-state index in [9.17, 15) is 13.2 Å². The van der Waals surface area contributed by atoms with Crippen LogP contribution in [-0.2, 0) is 14.8 Å². The van der Waals surface area contributed by atoms with Gasteiger partial charge in [-0.3, -0.25) is 4.79 Å². The second-order valence-electron chi connectivity index (χ2n) is 3.60. The number of sulfonamides is 1. The molecule has 1 rings (SSSR count). The van der Waals surface area contributed by atoms with Gasteiger partial charge in [0.05, 0.1) is 12.2 Å². The molecule has 1 heterocycles. The number of rotatable bonds is 5. The van der Waals surface area contributed by atoms with Gasteiger partial charge in [-0.15, -0.1) is 0 Å². The van der Waals surface area contributed by atoms with Crippen LogP contribution in [0, 0.1) is 5.92 Å². The molecule has 1 aliphatic rings. The van der Waals surface area contributed by atoms with Gasteiger partial charge >= 0.3 is 5.97 Å². The van der Waals surface area contributed by atoms with E-state index in [0.717, 1.165) is 0 Å². The molecule has 0 amide bonds. The van der Waals surface area contributed by atoms with E-state index in [-0.39, 0.29) is 18.1 Å². The monoisotopic (exact) mass is 221 g/mol. The second kappa shape index (κ2) is 4.27. The molecule has 0 aromatic rings. The van der Waals surface area contributed by atoms with Gasteiger partial charge < -0.3 is 5.11 Å². The molecule has 0 aromatic heterocycles. The number of hydrogen-bond acceptors (Lipinski definition) is 3. The molecule has 1 saturated heterocycles. The minimum absolute atomic E-state index is 0.000805. The Kier molecular flexibility index (Phi) is 3.49. The van der Waals surface area contributed by atoms with Crippen LogP contribution in [0.3, 0.4) is 0 Å². The molecule has 0 aromatic carbocycles. The van der Waals surface area contributed by atoms with E-state index in [1.165, 1.54) is 4.31 Å². The van der Waals surface area contributed by atoms with Crippen LogP contribution in [0.1, 0.15) is 19.8 Å². The molecule has 0 saturated carbocycles. The number of carbonyl (C=O) groups is 1. The molecule has 6 heteroatoms. The molecular weight excluding hydrogens is 206 g/mol. The molecule has 0 spiro atoms. The number of aliphatic carboxylic acids is 1. The summed E-state index contributed by atoms with van der Waals surface area (Å²) in [5, 5.41) is 8.47. The number of carboxylic acids is 1. The Bertz CT molecular complexity index is 305. The van der Waals surface area contributed by atoms with Crippen LogP contribution in [0.25, 0.3) is 0 Å². The van der Waals surface area contributed by atoms with Crippen molar-refractivity contribution in [1.82, 2.24) is 4.31 Å². The molecule has 1 N–H and O–H groups in total. The van der Waals surface area contributed by atoms with Crippen LogP contribution in [0.5, 0.6) is 0 Å².